The highest BCUT2D eigenvalue weighted by Gasteiger charge is 2.47. The van der Waals surface area contributed by atoms with Crippen LogP contribution >= 0.6 is 0 Å². The average Bonchev–Trinajstić information content (AvgIpc) is 2.60. The standard InChI is InChI=1S/C13H24N2O4/c1-3-4-5-10(15-7(2)16)11-9(14)6-8(12(11)17)13(18)19/h8-12,17H,3-6,14H2,1-2H3,(H,15,16)(H,18,19). The number of rotatable bonds is 6. The second-order valence-corrected chi connectivity index (χ2v) is 5.36. The van der Waals surface area contributed by atoms with Gasteiger partial charge in [0.05, 0.1) is 12.0 Å². The zero-order valence-electron chi connectivity index (χ0n) is 11.5. The summed E-state index contributed by atoms with van der Waals surface area (Å²) in [6.45, 7) is 3.45. The maximum absolute atomic E-state index is 11.3. The van der Waals surface area contributed by atoms with E-state index in [1.54, 1.807) is 0 Å². The van der Waals surface area contributed by atoms with Gasteiger partial charge in [-0.05, 0) is 12.8 Å². The van der Waals surface area contributed by atoms with Crippen LogP contribution in [0.2, 0.25) is 0 Å². The van der Waals surface area contributed by atoms with E-state index in [9.17, 15) is 14.7 Å². The summed E-state index contributed by atoms with van der Waals surface area (Å²) in [6, 6.07) is -0.656. The van der Waals surface area contributed by atoms with E-state index in [2.05, 4.69) is 5.32 Å². The fourth-order valence-corrected chi connectivity index (χ4v) is 2.94. The second kappa shape index (κ2) is 6.86. The first-order chi connectivity index (χ1) is 8.88. The van der Waals surface area contributed by atoms with Crippen molar-refractivity contribution in [1.29, 1.82) is 0 Å². The lowest BCUT2D eigenvalue weighted by Crippen LogP contribution is -2.48. The third-order valence-electron chi connectivity index (χ3n) is 3.87. The first kappa shape index (κ1) is 15.9. The number of amides is 1. The second-order valence-electron chi connectivity index (χ2n) is 5.36. The Morgan fingerprint density at radius 2 is 2.11 bits per heavy atom. The fraction of sp³-hybridized carbons (Fsp3) is 0.846. The van der Waals surface area contributed by atoms with Gasteiger partial charge in [0.25, 0.3) is 0 Å². The lowest BCUT2D eigenvalue weighted by Gasteiger charge is -2.30. The van der Waals surface area contributed by atoms with Crippen LogP contribution in [0, 0.1) is 11.8 Å². The molecule has 5 atom stereocenters. The van der Waals surface area contributed by atoms with Crippen LogP contribution in [0.15, 0.2) is 0 Å². The molecule has 1 amide bonds. The Balaban J connectivity index is 2.81. The van der Waals surface area contributed by atoms with Gasteiger partial charge in [-0.3, -0.25) is 9.59 Å². The summed E-state index contributed by atoms with van der Waals surface area (Å²) >= 11 is 0. The third kappa shape index (κ3) is 3.91. The van der Waals surface area contributed by atoms with Gasteiger partial charge in [0.15, 0.2) is 0 Å². The van der Waals surface area contributed by atoms with Crippen molar-refractivity contribution in [3.8, 4) is 0 Å². The normalized spacial score (nSPS) is 32.0. The van der Waals surface area contributed by atoms with Crippen LogP contribution in [-0.2, 0) is 9.59 Å². The Bertz CT molecular complexity index is 335. The summed E-state index contributed by atoms with van der Waals surface area (Å²) in [7, 11) is 0. The number of nitrogens with two attached hydrogens (primary N) is 1. The summed E-state index contributed by atoms with van der Waals surface area (Å²) < 4.78 is 0. The van der Waals surface area contributed by atoms with Crippen molar-refractivity contribution in [2.45, 2.75) is 57.7 Å². The van der Waals surface area contributed by atoms with Crippen molar-refractivity contribution >= 4 is 11.9 Å². The molecule has 1 fully saturated rings. The molecule has 0 radical (unpaired) electrons. The number of aliphatic carboxylic acids is 1. The molecule has 110 valence electrons. The van der Waals surface area contributed by atoms with Crippen molar-refractivity contribution in [2.24, 2.45) is 17.6 Å². The van der Waals surface area contributed by atoms with E-state index in [0.29, 0.717) is 6.42 Å². The lowest BCUT2D eigenvalue weighted by atomic mass is 9.88. The summed E-state index contributed by atoms with van der Waals surface area (Å²) in [5.41, 5.74) is 5.97. The number of unbranched alkanes of at least 4 members (excludes halogenated alkanes) is 1. The van der Waals surface area contributed by atoms with Gasteiger partial charge >= 0.3 is 5.97 Å². The third-order valence-corrected chi connectivity index (χ3v) is 3.87. The first-order valence-electron chi connectivity index (χ1n) is 6.82. The molecule has 0 bridgehead atoms. The molecule has 0 aromatic heterocycles. The molecular weight excluding hydrogens is 248 g/mol. The maximum Gasteiger partial charge on any atom is 0.309 e. The Kier molecular flexibility index (Phi) is 5.75. The number of carboxylic acid groups (broad SMARTS) is 1. The topological polar surface area (TPSA) is 113 Å². The van der Waals surface area contributed by atoms with Crippen LogP contribution in [0.5, 0.6) is 0 Å². The molecule has 0 heterocycles. The van der Waals surface area contributed by atoms with Gasteiger partial charge in [-0.25, -0.2) is 0 Å². The molecule has 1 aliphatic rings. The first-order valence-corrected chi connectivity index (χ1v) is 6.82. The maximum atomic E-state index is 11.3. The number of carboxylic acids is 1. The fourth-order valence-electron chi connectivity index (χ4n) is 2.94. The Hall–Kier alpha value is -1.14. The van der Waals surface area contributed by atoms with Crippen LogP contribution in [0.25, 0.3) is 0 Å². The molecule has 19 heavy (non-hydrogen) atoms. The van der Waals surface area contributed by atoms with Crippen molar-refractivity contribution in [2.75, 3.05) is 0 Å². The van der Waals surface area contributed by atoms with Gasteiger partial charge in [0.1, 0.15) is 0 Å². The zero-order chi connectivity index (χ0) is 14.6. The Morgan fingerprint density at radius 1 is 1.47 bits per heavy atom. The van der Waals surface area contributed by atoms with E-state index in [1.165, 1.54) is 6.92 Å². The molecule has 0 aromatic rings. The summed E-state index contributed by atoms with van der Waals surface area (Å²) in [5.74, 6) is -2.43. The molecule has 5 N–H and O–H groups in total. The number of carbonyl (C=O) groups is 2. The van der Waals surface area contributed by atoms with E-state index in [4.69, 9.17) is 10.8 Å². The minimum absolute atomic E-state index is 0.181. The van der Waals surface area contributed by atoms with Crippen molar-refractivity contribution in [3.63, 3.8) is 0 Å². The Labute approximate surface area is 113 Å². The number of aliphatic hydroxyl groups excluding tert-OH is 1. The summed E-state index contributed by atoms with van der Waals surface area (Å²) in [4.78, 5) is 22.3. The van der Waals surface area contributed by atoms with Crippen LogP contribution < -0.4 is 11.1 Å². The molecule has 1 saturated carbocycles. The van der Waals surface area contributed by atoms with Crippen LogP contribution in [0.1, 0.15) is 39.5 Å². The SMILES string of the molecule is CCCCC(NC(C)=O)C1C(N)CC(C(=O)O)C1O. The number of hydrogen-bond donors (Lipinski definition) is 4. The van der Waals surface area contributed by atoms with E-state index in [1.807, 2.05) is 6.92 Å². The molecule has 0 aliphatic heterocycles. The largest absolute Gasteiger partial charge is 0.481 e. The molecule has 0 spiro atoms. The highest BCUT2D eigenvalue weighted by molar-refractivity contribution is 5.73. The minimum Gasteiger partial charge on any atom is -0.481 e. The van der Waals surface area contributed by atoms with Gasteiger partial charge in [-0.1, -0.05) is 19.8 Å². The monoisotopic (exact) mass is 272 g/mol. The predicted molar refractivity (Wildman–Crippen MR) is 70.3 cm³/mol. The quantitative estimate of drug-likeness (QED) is 0.547. The molecular formula is C13H24N2O4. The van der Waals surface area contributed by atoms with Gasteiger partial charge < -0.3 is 21.3 Å². The molecule has 5 unspecified atom stereocenters. The molecule has 1 aliphatic carbocycles. The van der Waals surface area contributed by atoms with E-state index in [-0.39, 0.29) is 18.4 Å². The van der Waals surface area contributed by atoms with Crippen molar-refractivity contribution in [3.05, 3.63) is 0 Å². The van der Waals surface area contributed by atoms with Gasteiger partial charge in [0.2, 0.25) is 5.91 Å². The number of aliphatic hydroxyl groups is 1. The molecule has 0 aromatic carbocycles. The minimum atomic E-state index is -1.03. The summed E-state index contributed by atoms with van der Waals surface area (Å²) in [5, 5.41) is 22.0. The van der Waals surface area contributed by atoms with Gasteiger partial charge in [-0.15, -0.1) is 0 Å². The number of carbonyl (C=O) groups excluding carboxylic acids is 1. The van der Waals surface area contributed by atoms with Crippen molar-refractivity contribution < 1.29 is 19.8 Å². The average molecular weight is 272 g/mol. The van der Waals surface area contributed by atoms with Gasteiger partial charge in [0, 0.05) is 24.9 Å². The van der Waals surface area contributed by atoms with E-state index >= 15 is 0 Å². The summed E-state index contributed by atoms with van der Waals surface area (Å²) in [6.07, 6.45) is 1.83. The lowest BCUT2D eigenvalue weighted by molar-refractivity contribution is -0.145. The van der Waals surface area contributed by atoms with Crippen molar-refractivity contribution in [1.82, 2.24) is 5.32 Å². The molecule has 0 saturated heterocycles. The smallest absolute Gasteiger partial charge is 0.309 e. The molecule has 6 heteroatoms. The molecule has 1 rings (SSSR count). The predicted octanol–water partition coefficient (Wildman–Crippen LogP) is 0.0902. The number of hydrogen-bond acceptors (Lipinski definition) is 4. The van der Waals surface area contributed by atoms with E-state index < -0.39 is 30.0 Å². The Morgan fingerprint density at radius 3 is 2.53 bits per heavy atom. The van der Waals surface area contributed by atoms with Crippen LogP contribution in [-0.4, -0.2) is 40.3 Å². The number of nitrogens with one attached hydrogen (secondary N) is 1. The highest BCUT2D eigenvalue weighted by Crippen LogP contribution is 2.34. The van der Waals surface area contributed by atoms with Crippen LogP contribution in [0.4, 0.5) is 0 Å². The van der Waals surface area contributed by atoms with E-state index in [0.717, 1.165) is 12.8 Å². The highest BCUT2D eigenvalue weighted by atomic mass is 16.4. The zero-order valence-corrected chi connectivity index (χ0v) is 11.5. The van der Waals surface area contributed by atoms with Gasteiger partial charge in [-0.2, -0.15) is 0 Å². The van der Waals surface area contributed by atoms with Crippen LogP contribution in [0.3, 0.4) is 0 Å². The molecule has 6 nitrogen and oxygen atoms in total.